The normalized spacial score (nSPS) is 17.9. The van der Waals surface area contributed by atoms with E-state index in [1.807, 2.05) is 26.0 Å². The number of amidine groups is 1. The second kappa shape index (κ2) is 9.18. The maximum Gasteiger partial charge on any atom is 0.257 e. The summed E-state index contributed by atoms with van der Waals surface area (Å²) in [6.07, 6.45) is 9.19. The van der Waals surface area contributed by atoms with Crippen LogP contribution in [-0.2, 0) is 0 Å². The van der Waals surface area contributed by atoms with Gasteiger partial charge in [0.15, 0.2) is 0 Å². The van der Waals surface area contributed by atoms with Crippen molar-refractivity contribution in [2.75, 3.05) is 5.32 Å². The van der Waals surface area contributed by atoms with E-state index >= 15 is 0 Å². The highest BCUT2D eigenvalue weighted by molar-refractivity contribution is 6.04. The first-order chi connectivity index (χ1) is 15.4. The summed E-state index contributed by atoms with van der Waals surface area (Å²) in [6, 6.07) is 7.90. The van der Waals surface area contributed by atoms with Gasteiger partial charge in [0.1, 0.15) is 11.7 Å². The molecule has 2 aliphatic rings. The zero-order valence-corrected chi connectivity index (χ0v) is 18.2. The quantitative estimate of drug-likeness (QED) is 0.581. The first-order valence-electron chi connectivity index (χ1n) is 10.6. The van der Waals surface area contributed by atoms with Gasteiger partial charge in [-0.15, -0.1) is 0 Å². The van der Waals surface area contributed by atoms with E-state index in [4.69, 9.17) is 0 Å². The van der Waals surface area contributed by atoms with Crippen LogP contribution in [0.2, 0.25) is 0 Å². The van der Waals surface area contributed by atoms with Crippen LogP contribution < -0.4 is 16.0 Å². The summed E-state index contributed by atoms with van der Waals surface area (Å²) in [4.78, 5) is 21.3. The number of hydrogen-bond acceptors (Lipinski definition) is 4. The minimum Gasteiger partial charge on any atom is -0.381 e. The number of pyridine rings is 1. The molecule has 1 aliphatic heterocycles. The molecule has 164 valence electrons. The van der Waals surface area contributed by atoms with Crippen molar-refractivity contribution in [2.45, 2.75) is 38.6 Å². The van der Waals surface area contributed by atoms with Gasteiger partial charge in [0.25, 0.3) is 5.91 Å². The summed E-state index contributed by atoms with van der Waals surface area (Å²) in [5.74, 6) is 0.583. The average Bonchev–Trinajstić information content (AvgIpc) is 3.55. The fourth-order valence-electron chi connectivity index (χ4n) is 3.45. The van der Waals surface area contributed by atoms with E-state index in [1.165, 1.54) is 6.07 Å². The molecular weight excluding hydrogens is 405 g/mol. The Kier molecular flexibility index (Phi) is 6.16. The van der Waals surface area contributed by atoms with Gasteiger partial charge in [-0.2, -0.15) is 0 Å². The number of aromatic nitrogens is 1. The molecule has 1 aromatic carbocycles. The van der Waals surface area contributed by atoms with Gasteiger partial charge in [-0.3, -0.25) is 9.78 Å². The van der Waals surface area contributed by atoms with Crippen LogP contribution in [0.1, 0.15) is 60.3 Å². The summed E-state index contributed by atoms with van der Waals surface area (Å²) < 4.78 is 14.5. The molecule has 0 bridgehead atoms. The number of aliphatic imine (C=N–C) groups is 1. The molecule has 1 aromatic heterocycles. The number of allylic oxidation sites excluding steroid dienone is 1. The Hall–Kier alpha value is -3.74. The second-order valence-electron chi connectivity index (χ2n) is 8.10. The van der Waals surface area contributed by atoms with Gasteiger partial charge in [0.05, 0.1) is 11.6 Å². The van der Waals surface area contributed by atoms with Crippen molar-refractivity contribution in [3.8, 4) is 0 Å². The molecule has 32 heavy (non-hydrogen) atoms. The molecule has 7 heteroatoms. The number of carbonyl (C=O) groups is 1. The Morgan fingerprint density at radius 2 is 2.16 bits per heavy atom. The van der Waals surface area contributed by atoms with E-state index in [-0.39, 0.29) is 17.8 Å². The minimum absolute atomic E-state index is 0.275. The third kappa shape index (κ3) is 5.11. The largest absolute Gasteiger partial charge is 0.381 e. The lowest BCUT2D eigenvalue weighted by Crippen LogP contribution is -2.19. The van der Waals surface area contributed by atoms with Crippen molar-refractivity contribution < 1.29 is 9.18 Å². The topological polar surface area (TPSA) is 78.4 Å². The fraction of sp³-hybridized carbons (Fsp3) is 0.240. The molecule has 0 radical (unpaired) electrons. The summed E-state index contributed by atoms with van der Waals surface area (Å²) >= 11 is 0. The Labute approximate surface area is 187 Å². The van der Waals surface area contributed by atoms with Gasteiger partial charge in [0.2, 0.25) is 0 Å². The van der Waals surface area contributed by atoms with E-state index < -0.39 is 0 Å². The number of amides is 1. The average molecular weight is 432 g/mol. The van der Waals surface area contributed by atoms with Crippen molar-refractivity contribution in [3.05, 3.63) is 95.5 Å². The number of halogens is 1. The van der Waals surface area contributed by atoms with Crippen LogP contribution in [0.3, 0.4) is 0 Å². The van der Waals surface area contributed by atoms with Crippen LogP contribution in [0, 0.1) is 5.82 Å². The van der Waals surface area contributed by atoms with Gasteiger partial charge >= 0.3 is 0 Å². The Balaban J connectivity index is 1.42. The highest BCUT2D eigenvalue weighted by Crippen LogP contribution is 2.38. The molecule has 1 unspecified atom stereocenters. The Morgan fingerprint density at radius 1 is 1.34 bits per heavy atom. The van der Waals surface area contributed by atoms with E-state index in [0.717, 1.165) is 29.8 Å². The van der Waals surface area contributed by atoms with Crippen LogP contribution in [0.4, 0.5) is 10.1 Å². The minimum atomic E-state index is -0.354. The van der Waals surface area contributed by atoms with Gasteiger partial charge in [-0.05, 0) is 63.1 Å². The van der Waals surface area contributed by atoms with Crippen LogP contribution in [0.25, 0.3) is 0 Å². The van der Waals surface area contributed by atoms with Crippen molar-refractivity contribution in [2.24, 2.45) is 4.99 Å². The SMILES string of the molecule is C=C1C=CNC1=N/C=C(\C)NC(C)c1cc(NC(=O)c2ccc(C3CC3)nc2)ccc1F. The molecular formula is C25H26FN5O. The first kappa shape index (κ1) is 21.5. The van der Waals surface area contributed by atoms with Gasteiger partial charge in [-0.25, -0.2) is 9.38 Å². The van der Waals surface area contributed by atoms with E-state index in [2.05, 4.69) is 32.5 Å². The number of hydrogen-bond donors (Lipinski definition) is 3. The number of anilines is 1. The second-order valence-corrected chi connectivity index (χ2v) is 8.10. The lowest BCUT2D eigenvalue weighted by molar-refractivity contribution is 0.102. The van der Waals surface area contributed by atoms with Gasteiger partial charge < -0.3 is 16.0 Å². The number of rotatable bonds is 7. The number of carbonyl (C=O) groups excluding carboxylic acids is 1. The monoisotopic (exact) mass is 431 g/mol. The van der Waals surface area contributed by atoms with Crippen LogP contribution in [-0.4, -0.2) is 16.7 Å². The van der Waals surface area contributed by atoms with Crippen molar-refractivity contribution in [3.63, 3.8) is 0 Å². The Morgan fingerprint density at radius 3 is 2.81 bits per heavy atom. The molecule has 1 fully saturated rings. The van der Waals surface area contributed by atoms with Gasteiger partial charge in [-0.1, -0.05) is 6.58 Å². The van der Waals surface area contributed by atoms with Crippen LogP contribution >= 0.6 is 0 Å². The van der Waals surface area contributed by atoms with Crippen molar-refractivity contribution in [1.29, 1.82) is 0 Å². The maximum atomic E-state index is 14.5. The molecule has 1 aliphatic carbocycles. The highest BCUT2D eigenvalue weighted by atomic mass is 19.1. The highest BCUT2D eigenvalue weighted by Gasteiger charge is 2.24. The molecule has 1 saturated carbocycles. The van der Waals surface area contributed by atoms with E-state index in [9.17, 15) is 9.18 Å². The summed E-state index contributed by atoms with van der Waals surface area (Å²) in [7, 11) is 0. The molecule has 2 heterocycles. The maximum absolute atomic E-state index is 14.5. The summed E-state index contributed by atoms with van der Waals surface area (Å²) in [5.41, 5.74) is 4.03. The number of nitrogens with one attached hydrogen (secondary N) is 3. The first-order valence-corrected chi connectivity index (χ1v) is 10.6. The zero-order valence-electron chi connectivity index (χ0n) is 18.2. The molecule has 0 saturated heterocycles. The molecule has 1 amide bonds. The van der Waals surface area contributed by atoms with Crippen molar-refractivity contribution in [1.82, 2.24) is 15.6 Å². The molecule has 1 atom stereocenters. The standard InChI is InChI=1S/C25H26FN5O/c1-15-10-11-27-24(15)29-13-16(2)30-17(3)21-12-20(7-8-22(21)26)31-25(32)19-6-9-23(28-14-19)18-4-5-18/h6-14,17-18,30H,1,4-5H2,2-3H3,(H,27,29)(H,31,32)/b16-13+. The molecule has 0 spiro atoms. The van der Waals surface area contributed by atoms with Crippen molar-refractivity contribution >= 4 is 17.4 Å². The zero-order chi connectivity index (χ0) is 22.7. The smallest absolute Gasteiger partial charge is 0.257 e. The van der Waals surface area contributed by atoms with Crippen LogP contribution in [0.5, 0.6) is 0 Å². The number of benzene rings is 1. The van der Waals surface area contributed by atoms with E-state index in [1.54, 1.807) is 36.8 Å². The predicted octanol–water partition coefficient (Wildman–Crippen LogP) is 4.93. The number of nitrogens with zero attached hydrogens (tertiary/aromatic N) is 2. The third-order valence-corrected chi connectivity index (χ3v) is 5.40. The predicted molar refractivity (Wildman–Crippen MR) is 125 cm³/mol. The molecule has 3 N–H and O–H groups in total. The lowest BCUT2D eigenvalue weighted by Gasteiger charge is -2.18. The molecule has 2 aromatic rings. The third-order valence-electron chi connectivity index (χ3n) is 5.40. The summed E-state index contributed by atoms with van der Waals surface area (Å²) in [5, 5.41) is 9.05. The van der Waals surface area contributed by atoms with E-state index in [0.29, 0.717) is 28.6 Å². The Bertz CT molecular complexity index is 1130. The lowest BCUT2D eigenvalue weighted by atomic mass is 10.1. The fourth-order valence-corrected chi connectivity index (χ4v) is 3.45. The molecule has 4 rings (SSSR count). The summed E-state index contributed by atoms with van der Waals surface area (Å²) in [6.45, 7) is 7.59. The molecule has 6 nitrogen and oxygen atoms in total. The van der Waals surface area contributed by atoms with Gasteiger partial charge in [0, 0.05) is 52.7 Å². The van der Waals surface area contributed by atoms with Crippen LogP contribution in [0.15, 0.2) is 77.8 Å².